The van der Waals surface area contributed by atoms with Gasteiger partial charge in [0.15, 0.2) is 0 Å². The van der Waals surface area contributed by atoms with Crippen LogP contribution in [0.1, 0.15) is 58.8 Å². The molecule has 0 spiro atoms. The van der Waals surface area contributed by atoms with E-state index in [0.29, 0.717) is 17.6 Å². The lowest BCUT2D eigenvalue weighted by molar-refractivity contribution is 0.262. The van der Waals surface area contributed by atoms with Crippen LogP contribution in [0.25, 0.3) is 0 Å². The average Bonchev–Trinajstić information content (AvgIpc) is 2.41. The SMILES string of the molecule is CCCCCC(C)Nc1c(Br)cnn(CC2CCC2)c1=O. The van der Waals surface area contributed by atoms with Crippen LogP contribution in [-0.2, 0) is 6.54 Å². The molecule has 1 heterocycles. The second kappa shape index (κ2) is 7.97. The first kappa shape index (κ1) is 16.5. The molecule has 1 atom stereocenters. The number of nitrogens with zero attached hydrogens (tertiary/aromatic N) is 2. The van der Waals surface area contributed by atoms with Crippen molar-refractivity contribution in [2.45, 2.75) is 71.4 Å². The summed E-state index contributed by atoms with van der Waals surface area (Å²) in [6, 6.07) is 0.306. The number of hydrogen-bond donors (Lipinski definition) is 1. The molecule has 1 unspecified atom stereocenters. The Bertz CT molecular complexity index is 511. The summed E-state index contributed by atoms with van der Waals surface area (Å²) in [5.41, 5.74) is 0.659. The molecule has 118 valence electrons. The molecule has 1 N–H and O–H groups in total. The zero-order valence-corrected chi connectivity index (χ0v) is 14.7. The Morgan fingerprint density at radius 2 is 2.24 bits per heavy atom. The first-order valence-corrected chi connectivity index (χ1v) is 8.93. The smallest absolute Gasteiger partial charge is 0.291 e. The van der Waals surface area contributed by atoms with Crippen LogP contribution in [0.15, 0.2) is 15.5 Å². The van der Waals surface area contributed by atoms with E-state index in [-0.39, 0.29) is 5.56 Å². The molecule has 1 aromatic rings. The van der Waals surface area contributed by atoms with Crippen LogP contribution < -0.4 is 10.9 Å². The number of rotatable bonds is 8. The van der Waals surface area contributed by atoms with Gasteiger partial charge in [0.05, 0.1) is 10.7 Å². The van der Waals surface area contributed by atoms with Crippen LogP contribution >= 0.6 is 15.9 Å². The standard InChI is InChI=1S/C16H26BrN3O/c1-3-4-5-7-12(2)19-15-14(17)10-18-20(16(15)21)11-13-8-6-9-13/h10,12-13,19H,3-9,11H2,1-2H3. The molecule has 21 heavy (non-hydrogen) atoms. The fourth-order valence-electron chi connectivity index (χ4n) is 2.67. The second-order valence-electron chi connectivity index (χ2n) is 6.19. The van der Waals surface area contributed by atoms with Crippen LogP contribution in [0.5, 0.6) is 0 Å². The lowest BCUT2D eigenvalue weighted by atomic mass is 9.85. The quantitative estimate of drug-likeness (QED) is 0.711. The van der Waals surface area contributed by atoms with E-state index in [1.807, 2.05) is 0 Å². The van der Waals surface area contributed by atoms with Crippen LogP contribution in [0.2, 0.25) is 0 Å². The first-order valence-electron chi connectivity index (χ1n) is 8.14. The summed E-state index contributed by atoms with van der Waals surface area (Å²) in [4.78, 5) is 12.5. The molecule has 1 aliphatic rings. The van der Waals surface area contributed by atoms with Crippen LogP contribution in [0.4, 0.5) is 5.69 Å². The van der Waals surface area contributed by atoms with Crippen molar-refractivity contribution in [1.82, 2.24) is 9.78 Å². The summed E-state index contributed by atoms with van der Waals surface area (Å²) >= 11 is 3.45. The van der Waals surface area contributed by atoms with Crippen molar-refractivity contribution in [3.8, 4) is 0 Å². The van der Waals surface area contributed by atoms with E-state index in [4.69, 9.17) is 0 Å². The zero-order chi connectivity index (χ0) is 15.2. The lowest BCUT2D eigenvalue weighted by Gasteiger charge is -2.25. The number of unbranched alkanes of at least 4 members (excludes halogenated alkanes) is 2. The molecule has 0 aliphatic heterocycles. The highest BCUT2D eigenvalue weighted by atomic mass is 79.9. The van der Waals surface area contributed by atoms with Crippen molar-refractivity contribution in [2.75, 3.05) is 5.32 Å². The summed E-state index contributed by atoms with van der Waals surface area (Å²) in [5.74, 6) is 0.631. The summed E-state index contributed by atoms with van der Waals surface area (Å²) in [6.07, 6.45) is 10.2. The highest BCUT2D eigenvalue weighted by molar-refractivity contribution is 9.10. The molecule has 1 fully saturated rings. The molecule has 0 radical (unpaired) electrons. The third-order valence-corrected chi connectivity index (χ3v) is 4.89. The van der Waals surface area contributed by atoms with Crippen molar-refractivity contribution in [3.63, 3.8) is 0 Å². The Hall–Kier alpha value is -0.840. The molecule has 4 nitrogen and oxygen atoms in total. The fraction of sp³-hybridized carbons (Fsp3) is 0.750. The molecule has 2 rings (SSSR count). The topological polar surface area (TPSA) is 46.9 Å². The van der Waals surface area contributed by atoms with E-state index in [2.05, 4.69) is 40.2 Å². The monoisotopic (exact) mass is 355 g/mol. The molecule has 1 saturated carbocycles. The summed E-state index contributed by atoms with van der Waals surface area (Å²) < 4.78 is 2.38. The first-order chi connectivity index (χ1) is 10.1. The number of anilines is 1. The highest BCUT2D eigenvalue weighted by Gasteiger charge is 2.20. The van der Waals surface area contributed by atoms with Crippen LogP contribution in [-0.4, -0.2) is 15.8 Å². The van der Waals surface area contributed by atoms with Gasteiger partial charge in [-0.3, -0.25) is 4.79 Å². The van der Waals surface area contributed by atoms with Crippen LogP contribution in [0.3, 0.4) is 0 Å². The van der Waals surface area contributed by atoms with E-state index in [9.17, 15) is 4.79 Å². The largest absolute Gasteiger partial charge is 0.377 e. The second-order valence-corrected chi connectivity index (χ2v) is 7.05. The number of nitrogens with one attached hydrogen (secondary N) is 1. The number of aromatic nitrogens is 2. The van der Waals surface area contributed by atoms with Gasteiger partial charge in [0.25, 0.3) is 5.56 Å². The van der Waals surface area contributed by atoms with Gasteiger partial charge in [0, 0.05) is 12.6 Å². The normalized spacial score (nSPS) is 16.5. The van der Waals surface area contributed by atoms with Gasteiger partial charge >= 0.3 is 0 Å². The van der Waals surface area contributed by atoms with Gasteiger partial charge in [-0.2, -0.15) is 5.10 Å². The minimum absolute atomic E-state index is 0.00128. The molecule has 0 bridgehead atoms. The maximum Gasteiger partial charge on any atom is 0.291 e. The van der Waals surface area contributed by atoms with E-state index in [1.54, 1.807) is 10.9 Å². The van der Waals surface area contributed by atoms with Crippen molar-refractivity contribution in [3.05, 3.63) is 21.0 Å². The van der Waals surface area contributed by atoms with Gasteiger partial charge in [0.2, 0.25) is 0 Å². The molecular formula is C16H26BrN3O. The summed E-state index contributed by atoms with van der Waals surface area (Å²) in [7, 11) is 0. The number of halogens is 1. The van der Waals surface area contributed by atoms with E-state index >= 15 is 0 Å². The summed E-state index contributed by atoms with van der Waals surface area (Å²) in [6.45, 7) is 5.10. The van der Waals surface area contributed by atoms with Crippen molar-refractivity contribution in [2.24, 2.45) is 5.92 Å². The molecule has 0 amide bonds. The molecule has 0 aromatic carbocycles. The van der Waals surface area contributed by atoms with Gasteiger partial charge in [-0.05, 0) is 48.0 Å². The predicted octanol–water partition coefficient (Wildman–Crippen LogP) is 4.19. The summed E-state index contributed by atoms with van der Waals surface area (Å²) in [5, 5.41) is 7.63. The minimum atomic E-state index is -0.00128. The lowest BCUT2D eigenvalue weighted by Crippen LogP contribution is -2.32. The van der Waals surface area contributed by atoms with Gasteiger partial charge in [-0.15, -0.1) is 0 Å². The Morgan fingerprint density at radius 1 is 1.48 bits per heavy atom. The Morgan fingerprint density at radius 3 is 2.86 bits per heavy atom. The van der Waals surface area contributed by atoms with Crippen LogP contribution in [0, 0.1) is 5.92 Å². The van der Waals surface area contributed by atoms with E-state index in [0.717, 1.165) is 17.4 Å². The molecule has 0 saturated heterocycles. The highest BCUT2D eigenvalue weighted by Crippen LogP contribution is 2.27. The Labute approximate surface area is 135 Å². The molecular weight excluding hydrogens is 330 g/mol. The van der Waals surface area contributed by atoms with Gasteiger partial charge in [0.1, 0.15) is 5.69 Å². The maximum absolute atomic E-state index is 12.5. The molecule has 1 aliphatic carbocycles. The van der Waals surface area contributed by atoms with Crippen molar-refractivity contribution in [1.29, 1.82) is 0 Å². The Kier molecular flexibility index (Phi) is 6.27. The van der Waals surface area contributed by atoms with E-state index in [1.165, 1.54) is 38.5 Å². The zero-order valence-electron chi connectivity index (χ0n) is 13.1. The van der Waals surface area contributed by atoms with E-state index < -0.39 is 0 Å². The minimum Gasteiger partial charge on any atom is -0.377 e. The van der Waals surface area contributed by atoms with Crippen molar-refractivity contribution < 1.29 is 0 Å². The average molecular weight is 356 g/mol. The Balaban J connectivity index is 2.03. The van der Waals surface area contributed by atoms with Gasteiger partial charge in [-0.25, -0.2) is 4.68 Å². The number of hydrogen-bond acceptors (Lipinski definition) is 3. The molecule has 1 aromatic heterocycles. The maximum atomic E-state index is 12.5. The molecule has 5 heteroatoms. The van der Waals surface area contributed by atoms with Crippen molar-refractivity contribution >= 4 is 21.6 Å². The third-order valence-electron chi connectivity index (χ3n) is 4.28. The van der Waals surface area contributed by atoms with Gasteiger partial charge < -0.3 is 5.32 Å². The predicted molar refractivity (Wildman–Crippen MR) is 90.8 cm³/mol. The third kappa shape index (κ3) is 4.56. The fourth-order valence-corrected chi connectivity index (χ4v) is 3.04. The van der Waals surface area contributed by atoms with Gasteiger partial charge in [-0.1, -0.05) is 32.6 Å².